The van der Waals surface area contributed by atoms with Gasteiger partial charge in [0.1, 0.15) is 11.5 Å². The second-order valence-electron chi connectivity index (χ2n) is 4.38. The molecule has 1 aliphatic rings. The van der Waals surface area contributed by atoms with Gasteiger partial charge in [-0.1, -0.05) is 0 Å². The van der Waals surface area contributed by atoms with Gasteiger partial charge in [0, 0.05) is 5.56 Å². The summed E-state index contributed by atoms with van der Waals surface area (Å²) in [6, 6.07) is 2.49. The first-order valence-electron chi connectivity index (χ1n) is 5.94. The van der Waals surface area contributed by atoms with Gasteiger partial charge in [0.15, 0.2) is 0 Å². The maximum absolute atomic E-state index is 12.9. The Labute approximate surface area is 125 Å². The summed E-state index contributed by atoms with van der Waals surface area (Å²) in [5.41, 5.74) is -1.05. The zero-order valence-electron chi connectivity index (χ0n) is 11.3. The molecule has 23 heavy (non-hydrogen) atoms. The number of hydrogen-bond acceptors (Lipinski definition) is 4. The third-order valence-corrected chi connectivity index (χ3v) is 2.77. The van der Waals surface area contributed by atoms with Crippen molar-refractivity contribution in [3.8, 4) is 11.5 Å². The minimum Gasteiger partial charge on any atom is -0.475 e. The van der Waals surface area contributed by atoms with Crippen molar-refractivity contribution in [2.75, 3.05) is 7.11 Å². The van der Waals surface area contributed by atoms with Gasteiger partial charge >= 0.3 is 18.5 Å². The Morgan fingerprint density at radius 1 is 1.17 bits per heavy atom. The molecule has 1 aromatic rings. The zero-order valence-corrected chi connectivity index (χ0v) is 11.3. The van der Waals surface area contributed by atoms with Crippen LogP contribution in [0.1, 0.15) is 5.56 Å². The van der Waals surface area contributed by atoms with Crippen molar-refractivity contribution in [3.05, 3.63) is 29.3 Å². The molecular formula is C13H8F6O4. The molecule has 1 aromatic carbocycles. The summed E-state index contributed by atoms with van der Waals surface area (Å²) in [7, 11) is 0.870. The number of carbonyl (C=O) groups excluding carboxylic acids is 1. The standard InChI is InChI=1S/C13H8F6O4/c1-21-11(20)8-5-6-4-7(23-13(17,18)19)2-3-9(6)22-10(8)12(14,15)16/h2-5,10H,1H3. The minimum absolute atomic E-state index is 0.173. The fraction of sp³-hybridized carbons (Fsp3) is 0.308. The predicted octanol–water partition coefficient (Wildman–Crippen LogP) is 3.46. The summed E-state index contributed by atoms with van der Waals surface area (Å²) < 4.78 is 87.9. The van der Waals surface area contributed by atoms with E-state index in [9.17, 15) is 31.1 Å². The maximum atomic E-state index is 12.9. The Morgan fingerprint density at radius 2 is 1.83 bits per heavy atom. The average Bonchev–Trinajstić information content (AvgIpc) is 2.42. The molecular weight excluding hydrogens is 334 g/mol. The number of fused-ring (bicyclic) bond motifs is 1. The number of ether oxygens (including phenoxy) is 3. The molecule has 0 aliphatic carbocycles. The summed E-state index contributed by atoms with van der Waals surface area (Å²) in [5, 5.41) is 0. The highest BCUT2D eigenvalue weighted by atomic mass is 19.4. The first-order chi connectivity index (χ1) is 10.5. The number of alkyl halides is 6. The smallest absolute Gasteiger partial charge is 0.475 e. The molecule has 1 heterocycles. The molecule has 1 aliphatic heterocycles. The molecule has 0 spiro atoms. The molecule has 0 amide bonds. The number of hydrogen-bond donors (Lipinski definition) is 0. The molecule has 0 radical (unpaired) electrons. The summed E-state index contributed by atoms with van der Waals surface area (Å²) >= 11 is 0. The second kappa shape index (κ2) is 5.67. The lowest BCUT2D eigenvalue weighted by Gasteiger charge is -2.27. The van der Waals surface area contributed by atoms with E-state index in [4.69, 9.17) is 0 Å². The van der Waals surface area contributed by atoms with Crippen molar-refractivity contribution < 1.29 is 45.3 Å². The van der Waals surface area contributed by atoms with Gasteiger partial charge in [-0.3, -0.25) is 0 Å². The largest absolute Gasteiger partial charge is 0.573 e. The van der Waals surface area contributed by atoms with Crippen molar-refractivity contribution in [1.82, 2.24) is 0 Å². The first kappa shape index (κ1) is 17.0. The van der Waals surface area contributed by atoms with Crippen LogP contribution in [0.5, 0.6) is 11.5 Å². The van der Waals surface area contributed by atoms with Gasteiger partial charge in [-0.05, 0) is 24.3 Å². The number of methoxy groups -OCH3 is 1. The van der Waals surface area contributed by atoms with Gasteiger partial charge in [0.25, 0.3) is 0 Å². The molecule has 0 saturated carbocycles. The summed E-state index contributed by atoms with van der Waals surface area (Å²) in [6.07, 6.45) is -11.7. The van der Waals surface area contributed by atoms with E-state index in [0.29, 0.717) is 0 Å². The van der Waals surface area contributed by atoms with Crippen LogP contribution < -0.4 is 9.47 Å². The number of benzene rings is 1. The lowest BCUT2D eigenvalue weighted by Crippen LogP contribution is -2.40. The Morgan fingerprint density at radius 3 is 2.35 bits per heavy atom. The molecule has 0 fully saturated rings. The highest BCUT2D eigenvalue weighted by Gasteiger charge is 2.48. The Balaban J connectivity index is 2.45. The molecule has 0 bridgehead atoms. The van der Waals surface area contributed by atoms with E-state index in [1.165, 1.54) is 0 Å². The second-order valence-corrected chi connectivity index (χ2v) is 4.38. The Bertz CT molecular complexity index is 647. The molecule has 0 N–H and O–H groups in total. The fourth-order valence-corrected chi connectivity index (χ4v) is 1.90. The minimum atomic E-state index is -4.97. The fourth-order valence-electron chi connectivity index (χ4n) is 1.90. The van der Waals surface area contributed by atoms with Crippen molar-refractivity contribution in [2.45, 2.75) is 18.6 Å². The summed E-state index contributed by atoms with van der Waals surface area (Å²) in [5.74, 6) is -2.31. The van der Waals surface area contributed by atoms with E-state index in [1.807, 2.05) is 0 Å². The van der Waals surface area contributed by atoms with Crippen LogP contribution in [0.3, 0.4) is 0 Å². The number of carbonyl (C=O) groups is 1. The van der Waals surface area contributed by atoms with Crippen molar-refractivity contribution in [3.63, 3.8) is 0 Å². The van der Waals surface area contributed by atoms with E-state index in [0.717, 1.165) is 31.4 Å². The topological polar surface area (TPSA) is 44.8 Å². The first-order valence-corrected chi connectivity index (χ1v) is 5.94. The van der Waals surface area contributed by atoms with Crippen molar-refractivity contribution in [2.24, 2.45) is 0 Å². The van der Waals surface area contributed by atoms with E-state index in [-0.39, 0.29) is 11.3 Å². The molecule has 2 rings (SSSR count). The third-order valence-electron chi connectivity index (χ3n) is 2.77. The molecule has 126 valence electrons. The van der Waals surface area contributed by atoms with Gasteiger partial charge in [0.05, 0.1) is 12.7 Å². The lowest BCUT2D eigenvalue weighted by atomic mass is 10.0. The van der Waals surface area contributed by atoms with Crippen LogP contribution in [0, 0.1) is 0 Å². The van der Waals surface area contributed by atoms with Crippen LogP contribution in [0.4, 0.5) is 26.3 Å². The van der Waals surface area contributed by atoms with Gasteiger partial charge in [0.2, 0.25) is 6.10 Å². The van der Waals surface area contributed by atoms with Crippen molar-refractivity contribution in [1.29, 1.82) is 0 Å². The Hall–Kier alpha value is -2.39. The SMILES string of the molecule is COC(=O)C1=Cc2cc(OC(F)(F)F)ccc2OC1C(F)(F)F. The van der Waals surface area contributed by atoms with Gasteiger partial charge in [-0.2, -0.15) is 13.2 Å². The molecule has 1 atom stereocenters. The van der Waals surface area contributed by atoms with Crippen LogP contribution in [-0.2, 0) is 9.53 Å². The van der Waals surface area contributed by atoms with E-state index < -0.39 is 35.9 Å². The van der Waals surface area contributed by atoms with Crippen LogP contribution in [-0.4, -0.2) is 31.7 Å². The predicted molar refractivity (Wildman–Crippen MR) is 63.6 cm³/mol. The van der Waals surface area contributed by atoms with Crippen molar-refractivity contribution >= 4 is 12.0 Å². The van der Waals surface area contributed by atoms with E-state index >= 15 is 0 Å². The van der Waals surface area contributed by atoms with E-state index in [2.05, 4.69) is 14.2 Å². The number of halogens is 6. The van der Waals surface area contributed by atoms with Crippen LogP contribution in [0.25, 0.3) is 6.08 Å². The van der Waals surface area contributed by atoms with Gasteiger partial charge < -0.3 is 14.2 Å². The van der Waals surface area contributed by atoms with E-state index in [1.54, 1.807) is 0 Å². The summed E-state index contributed by atoms with van der Waals surface area (Å²) in [6.45, 7) is 0. The monoisotopic (exact) mass is 342 g/mol. The molecule has 4 nitrogen and oxygen atoms in total. The number of esters is 1. The quantitative estimate of drug-likeness (QED) is 0.610. The lowest BCUT2D eigenvalue weighted by molar-refractivity contribution is -0.274. The zero-order chi connectivity index (χ0) is 17.4. The Kier molecular flexibility index (Phi) is 4.18. The molecule has 0 saturated heterocycles. The van der Waals surface area contributed by atoms with Gasteiger partial charge in [-0.25, -0.2) is 4.79 Å². The molecule has 0 aromatic heterocycles. The highest BCUT2D eigenvalue weighted by molar-refractivity contribution is 5.96. The van der Waals surface area contributed by atoms with Crippen LogP contribution in [0.15, 0.2) is 23.8 Å². The van der Waals surface area contributed by atoms with Gasteiger partial charge in [-0.15, -0.1) is 13.2 Å². The van der Waals surface area contributed by atoms with Crippen LogP contribution in [0.2, 0.25) is 0 Å². The highest BCUT2D eigenvalue weighted by Crippen LogP contribution is 2.39. The maximum Gasteiger partial charge on any atom is 0.573 e. The number of rotatable bonds is 2. The average molecular weight is 342 g/mol. The summed E-state index contributed by atoms with van der Waals surface area (Å²) in [4.78, 5) is 11.5. The molecule has 10 heteroatoms. The normalized spacial score (nSPS) is 17.7. The molecule has 1 unspecified atom stereocenters. The third kappa shape index (κ3) is 3.88. The van der Waals surface area contributed by atoms with Crippen LogP contribution >= 0.6 is 0 Å².